The number of hydrazone groups is 1. The van der Waals surface area contributed by atoms with Crippen LogP contribution >= 0.6 is 23.2 Å². The third-order valence-corrected chi connectivity index (χ3v) is 4.82. The SMILES string of the molecule is C/C(=N/NC(=O)c1nnn(-c2nonc2N)c1-c1ccccc1)c1ccc(Cl)cc1Cl. The first kappa shape index (κ1) is 20.5. The van der Waals surface area contributed by atoms with Crippen LogP contribution in [0.2, 0.25) is 10.0 Å². The molecule has 0 aliphatic heterocycles. The van der Waals surface area contributed by atoms with Gasteiger partial charge in [0.05, 0.1) is 10.7 Å². The summed E-state index contributed by atoms with van der Waals surface area (Å²) in [7, 11) is 0. The van der Waals surface area contributed by atoms with E-state index in [0.717, 1.165) is 0 Å². The van der Waals surface area contributed by atoms with E-state index in [4.69, 9.17) is 28.9 Å². The van der Waals surface area contributed by atoms with E-state index in [1.165, 1.54) is 4.68 Å². The average Bonchev–Trinajstić information content (AvgIpc) is 3.38. The summed E-state index contributed by atoms with van der Waals surface area (Å²) in [5.74, 6) is -0.483. The number of halogens is 2. The Bertz CT molecular complexity index is 1280. The molecule has 3 N–H and O–H groups in total. The Morgan fingerprint density at radius 1 is 1.16 bits per heavy atom. The smallest absolute Gasteiger partial charge is 0.294 e. The van der Waals surface area contributed by atoms with Crippen molar-refractivity contribution in [3.63, 3.8) is 0 Å². The lowest BCUT2D eigenvalue weighted by atomic mass is 10.1. The van der Waals surface area contributed by atoms with Gasteiger partial charge in [-0.05, 0) is 29.4 Å². The molecule has 2 heterocycles. The second-order valence-electron chi connectivity index (χ2n) is 6.30. The van der Waals surface area contributed by atoms with Gasteiger partial charge >= 0.3 is 0 Å². The number of hydrogen-bond acceptors (Lipinski definition) is 8. The Morgan fingerprint density at radius 3 is 2.61 bits per heavy atom. The lowest BCUT2D eigenvalue weighted by Gasteiger charge is -2.07. The lowest BCUT2D eigenvalue weighted by Crippen LogP contribution is -2.21. The van der Waals surface area contributed by atoms with Crippen molar-refractivity contribution in [1.82, 2.24) is 30.7 Å². The van der Waals surface area contributed by atoms with Gasteiger partial charge in [-0.15, -0.1) is 5.10 Å². The summed E-state index contributed by atoms with van der Waals surface area (Å²) in [6.07, 6.45) is 0. The topological polar surface area (TPSA) is 137 Å². The highest BCUT2D eigenvalue weighted by Gasteiger charge is 2.25. The quantitative estimate of drug-likeness (QED) is 0.346. The molecule has 12 heteroatoms. The zero-order valence-electron chi connectivity index (χ0n) is 16.0. The predicted molar refractivity (Wildman–Crippen MR) is 115 cm³/mol. The van der Waals surface area contributed by atoms with Crippen molar-refractivity contribution in [2.75, 3.05) is 5.73 Å². The fourth-order valence-electron chi connectivity index (χ4n) is 2.81. The van der Waals surface area contributed by atoms with Crippen LogP contribution in [0, 0.1) is 0 Å². The molecule has 1 amide bonds. The van der Waals surface area contributed by atoms with Gasteiger partial charge < -0.3 is 5.73 Å². The molecule has 0 atom stereocenters. The Hall–Kier alpha value is -3.76. The van der Waals surface area contributed by atoms with E-state index in [1.54, 1.807) is 37.3 Å². The summed E-state index contributed by atoms with van der Waals surface area (Å²) >= 11 is 12.1. The van der Waals surface area contributed by atoms with Crippen LogP contribution in [0.1, 0.15) is 23.0 Å². The number of rotatable bonds is 5. The van der Waals surface area contributed by atoms with Crippen molar-refractivity contribution in [1.29, 1.82) is 0 Å². The molecule has 4 rings (SSSR count). The van der Waals surface area contributed by atoms with Crippen LogP contribution in [-0.2, 0) is 0 Å². The number of nitrogens with one attached hydrogen (secondary N) is 1. The fraction of sp³-hybridized carbons (Fsp3) is 0.0526. The number of hydrogen-bond donors (Lipinski definition) is 2. The number of nitrogen functional groups attached to an aromatic ring is 1. The van der Waals surface area contributed by atoms with Gasteiger partial charge in [-0.25, -0.2) is 10.1 Å². The van der Waals surface area contributed by atoms with Crippen LogP contribution in [0.4, 0.5) is 5.82 Å². The second kappa shape index (κ2) is 8.54. The zero-order valence-corrected chi connectivity index (χ0v) is 17.5. The maximum atomic E-state index is 12.9. The maximum Gasteiger partial charge on any atom is 0.294 e. The minimum absolute atomic E-state index is 0.000264. The van der Waals surface area contributed by atoms with Gasteiger partial charge in [-0.2, -0.15) is 9.78 Å². The highest BCUT2D eigenvalue weighted by atomic mass is 35.5. The number of anilines is 1. The molecular formula is C19H14Cl2N8O2. The summed E-state index contributed by atoms with van der Waals surface area (Å²) in [6, 6.07) is 14.0. The molecule has 0 radical (unpaired) electrons. The molecule has 0 spiro atoms. The standard InChI is InChI=1S/C19H14Cl2N8O2/c1-10(13-8-7-12(20)9-14(13)21)23-25-19(30)15-16(11-5-3-2-4-6-11)29(28-24-15)18-17(22)26-31-27-18/h2-9H,1H3,(H2,22,26)(H,25,30)/b23-10-. The normalized spacial score (nSPS) is 11.5. The molecule has 2 aromatic heterocycles. The van der Waals surface area contributed by atoms with Crippen molar-refractivity contribution >= 4 is 40.6 Å². The number of aromatic nitrogens is 5. The molecule has 0 aliphatic carbocycles. The molecule has 2 aromatic carbocycles. The summed E-state index contributed by atoms with van der Waals surface area (Å²) in [5.41, 5.74) is 10.4. The molecule has 156 valence electrons. The first-order valence-electron chi connectivity index (χ1n) is 8.85. The van der Waals surface area contributed by atoms with Crippen molar-refractivity contribution in [3.8, 4) is 17.1 Å². The van der Waals surface area contributed by atoms with E-state index in [-0.39, 0.29) is 17.3 Å². The molecule has 0 fully saturated rings. The summed E-state index contributed by atoms with van der Waals surface area (Å²) < 4.78 is 5.93. The zero-order chi connectivity index (χ0) is 22.0. The van der Waals surface area contributed by atoms with Crippen LogP contribution < -0.4 is 11.2 Å². The number of amides is 1. The first-order valence-corrected chi connectivity index (χ1v) is 9.61. The highest BCUT2D eigenvalue weighted by Crippen LogP contribution is 2.26. The summed E-state index contributed by atoms with van der Waals surface area (Å²) in [5, 5.41) is 20.3. The van der Waals surface area contributed by atoms with Crippen molar-refractivity contribution in [2.45, 2.75) is 6.92 Å². The van der Waals surface area contributed by atoms with Gasteiger partial charge in [0.2, 0.25) is 11.6 Å². The fourth-order valence-corrected chi connectivity index (χ4v) is 3.35. The van der Waals surface area contributed by atoms with Crippen molar-refractivity contribution in [3.05, 3.63) is 69.8 Å². The molecule has 0 aliphatic rings. The average molecular weight is 457 g/mol. The first-order chi connectivity index (χ1) is 15.0. The van der Waals surface area contributed by atoms with Gasteiger partial charge in [0, 0.05) is 16.1 Å². The van der Waals surface area contributed by atoms with Gasteiger partial charge in [0.15, 0.2) is 5.69 Å². The Labute approximate surface area is 185 Å². The van der Waals surface area contributed by atoms with E-state index in [0.29, 0.717) is 32.6 Å². The van der Waals surface area contributed by atoms with Crippen LogP contribution in [0.3, 0.4) is 0 Å². The Balaban J connectivity index is 1.70. The third kappa shape index (κ3) is 4.11. The molecule has 0 saturated heterocycles. The summed E-state index contributed by atoms with van der Waals surface area (Å²) in [6.45, 7) is 1.70. The van der Waals surface area contributed by atoms with Gasteiger partial charge in [0.25, 0.3) is 5.91 Å². The van der Waals surface area contributed by atoms with E-state index in [1.807, 2.05) is 18.2 Å². The molecule has 0 bridgehead atoms. The van der Waals surface area contributed by atoms with E-state index < -0.39 is 5.91 Å². The minimum atomic E-state index is -0.593. The van der Waals surface area contributed by atoms with Crippen molar-refractivity contribution < 1.29 is 9.42 Å². The molecule has 4 aromatic rings. The molecular weight excluding hydrogens is 443 g/mol. The van der Waals surface area contributed by atoms with E-state index in [2.05, 4.69) is 35.8 Å². The third-order valence-electron chi connectivity index (χ3n) is 4.27. The van der Waals surface area contributed by atoms with Crippen LogP contribution in [0.15, 0.2) is 58.3 Å². The molecule has 31 heavy (non-hydrogen) atoms. The van der Waals surface area contributed by atoms with Crippen LogP contribution in [0.25, 0.3) is 17.1 Å². The largest absolute Gasteiger partial charge is 0.378 e. The van der Waals surface area contributed by atoms with Gasteiger partial charge in [-0.3, -0.25) is 4.79 Å². The van der Waals surface area contributed by atoms with Gasteiger partial charge in [0.1, 0.15) is 5.69 Å². The van der Waals surface area contributed by atoms with Gasteiger partial charge in [-0.1, -0.05) is 64.8 Å². The van der Waals surface area contributed by atoms with Crippen LogP contribution in [-0.4, -0.2) is 36.9 Å². The molecule has 0 saturated carbocycles. The second-order valence-corrected chi connectivity index (χ2v) is 7.14. The van der Waals surface area contributed by atoms with Crippen molar-refractivity contribution in [2.24, 2.45) is 5.10 Å². The number of carbonyl (C=O) groups excluding carboxylic acids is 1. The minimum Gasteiger partial charge on any atom is -0.378 e. The van der Waals surface area contributed by atoms with E-state index >= 15 is 0 Å². The summed E-state index contributed by atoms with van der Waals surface area (Å²) in [4.78, 5) is 12.9. The van der Waals surface area contributed by atoms with Crippen LogP contribution in [0.5, 0.6) is 0 Å². The number of nitrogens with zero attached hydrogens (tertiary/aromatic N) is 6. The number of benzene rings is 2. The number of carbonyl (C=O) groups is 1. The monoisotopic (exact) mass is 456 g/mol. The predicted octanol–water partition coefficient (Wildman–Crippen LogP) is 3.36. The van der Waals surface area contributed by atoms with E-state index in [9.17, 15) is 4.79 Å². The number of nitrogens with two attached hydrogens (primary N) is 1. The molecule has 0 unspecified atom stereocenters. The lowest BCUT2D eigenvalue weighted by molar-refractivity contribution is 0.0950. The Morgan fingerprint density at radius 2 is 1.94 bits per heavy atom. The maximum absolute atomic E-state index is 12.9. The highest BCUT2D eigenvalue weighted by molar-refractivity contribution is 6.37. The Kier molecular flexibility index (Phi) is 5.65. The molecule has 10 nitrogen and oxygen atoms in total.